The highest BCUT2D eigenvalue weighted by molar-refractivity contribution is 4.65. The number of aliphatic hydroxyl groups excluding tert-OH is 1. The third kappa shape index (κ3) is 7.30. The van der Waals surface area contributed by atoms with Crippen LogP contribution in [0.2, 0.25) is 0 Å². The first kappa shape index (κ1) is 13.9. The largest absolute Gasteiger partial charge is 0.390 e. The van der Waals surface area contributed by atoms with Gasteiger partial charge in [0.05, 0.1) is 6.10 Å². The van der Waals surface area contributed by atoms with E-state index in [1.54, 1.807) is 0 Å². The van der Waals surface area contributed by atoms with Crippen molar-refractivity contribution in [1.29, 1.82) is 0 Å². The first-order chi connectivity index (χ1) is 6.60. The fourth-order valence-electron chi connectivity index (χ4n) is 1.38. The van der Waals surface area contributed by atoms with Crippen molar-refractivity contribution in [3.05, 3.63) is 0 Å². The highest BCUT2D eigenvalue weighted by Crippen LogP contribution is 1.92. The lowest BCUT2D eigenvalue weighted by molar-refractivity contribution is 0.116. The monoisotopic (exact) mass is 202 g/mol. The molecule has 0 radical (unpaired) electrons. The van der Waals surface area contributed by atoms with Gasteiger partial charge in [-0.1, -0.05) is 27.7 Å². The van der Waals surface area contributed by atoms with Gasteiger partial charge in [-0.25, -0.2) is 0 Å². The van der Waals surface area contributed by atoms with Gasteiger partial charge in [-0.05, 0) is 25.6 Å². The molecule has 0 heterocycles. The number of nitrogens with one attached hydrogen (secondary N) is 1. The normalized spacial score (nSPS) is 13.9. The number of aliphatic hydroxyl groups is 1. The van der Waals surface area contributed by atoms with Gasteiger partial charge >= 0.3 is 0 Å². The molecule has 0 aromatic heterocycles. The minimum atomic E-state index is -0.242. The highest BCUT2D eigenvalue weighted by atomic mass is 16.3. The van der Waals surface area contributed by atoms with Crippen LogP contribution in [0, 0.1) is 5.92 Å². The van der Waals surface area contributed by atoms with Crippen LogP contribution >= 0.6 is 0 Å². The van der Waals surface area contributed by atoms with E-state index in [1.807, 2.05) is 0 Å². The van der Waals surface area contributed by atoms with Crippen molar-refractivity contribution in [2.45, 2.75) is 33.8 Å². The summed E-state index contributed by atoms with van der Waals surface area (Å²) in [5, 5.41) is 13.0. The first-order valence-electron chi connectivity index (χ1n) is 5.71. The lowest BCUT2D eigenvalue weighted by Crippen LogP contribution is -2.39. The van der Waals surface area contributed by atoms with E-state index in [1.165, 1.54) is 0 Å². The maximum atomic E-state index is 9.69. The third-order valence-corrected chi connectivity index (χ3v) is 2.30. The summed E-state index contributed by atoms with van der Waals surface area (Å²) < 4.78 is 0. The zero-order chi connectivity index (χ0) is 11.0. The lowest BCUT2D eigenvalue weighted by Gasteiger charge is -2.22. The molecule has 0 saturated heterocycles. The fourth-order valence-corrected chi connectivity index (χ4v) is 1.38. The van der Waals surface area contributed by atoms with E-state index >= 15 is 0 Å². The quantitative estimate of drug-likeness (QED) is 0.615. The van der Waals surface area contributed by atoms with Crippen molar-refractivity contribution < 1.29 is 5.11 Å². The second-order valence-electron chi connectivity index (χ2n) is 4.19. The van der Waals surface area contributed by atoms with Gasteiger partial charge in [0, 0.05) is 13.1 Å². The van der Waals surface area contributed by atoms with Gasteiger partial charge in [-0.2, -0.15) is 0 Å². The molecule has 0 aliphatic heterocycles. The summed E-state index contributed by atoms with van der Waals surface area (Å²) in [5.41, 5.74) is 0. The molecule has 0 spiro atoms. The van der Waals surface area contributed by atoms with Crippen molar-refractivity contribution in [2.75, 3.05) is 32.7 Å². The van der Waals surface area contributed by atoms with Gasteiger partial charge in [0.15, 0.2) is 0 Å². The molecule has 14 heavy (non-hydrogen) atoms. The molecule has 0 saturated carbocycles. The standard InChI is InChI=1S/C11H26N2O/c1-5-13(6-2)9-11(14)8-12-7-10(3)4/h10-12,14H,5-9H2,1-4H3/t11-/m1/s1. The maximum Gasteiger partial charge on any atom is 0.0791 e. The highest BCUT2D eigenvalue weighted by Gasteiger charge is 2.08. The van der Waals surface area contributed by atoms with Crippen molar-refractivity contribution >= 4 is 0 Å². The molecule has 3 nitrogen and oxygen atoms in total. The predicted octanol–water partition coefficient (Wildman–Crippen LogP) is 0.935. The SMILES string of the molecule is CCN(CC)C[C@H](O)CNCC(C)C. The first-order valence-corrected chi connectivity index (χ1v) is 5.71. The fraction of sp³-hybridized carbons (Fsp3) is 1.00. The van der Waals surface area contributed by atoms with Crippen LogP contribution < -0.4 is 5.32 Å². The number of hydrogen-bond acceptors (Lipinski definition) is 3. The Balaban J connectivity index is 3.48. The van der Waals surface area contributed by atoms with E-state index in [0.29, 0.717) is 12.5 Å². The molecule has 0 aromatic rings. The summed E-state index contributed by atoms with van der Waals surface area (Å²) in [6.45, 7) is 13.1. The Morgan fingerprint density at radius 3 is 2.14 bits per heavy atom. The van der Waals surface area contributed by atoms with Crippen LogP contribution in [0.5, 0.6) is 0 Å². The van der Waals surface area contributed by atoms with E-state index in [-0.39, 0.29) is 6.10 Å². The molecule has 0 amide bonds. The van der Waals surface area contributed by atoms with Crippen molar-refractivity contribution in [3.8, 4) is 0 Å². The molecule has 0 fully saturated rings. The molecule has 86 valence electrons. The Hall–Kier alpha value is -0.120. The summed E-state index contributed by atoms with van der Waals surface area (Å²) in [5.74, 6) is 0.649. The van der Waals surface area contributed by atoms with Crippen LogP contribution in [0.15, 0.2) is 0 Å². The zero-order valence-electron chi connectivity index (χ0n) is 10.1. The molecule has 1 atom stereocenters. The Labute approximate surface area is 88.5 Å². The van der Waals surface area contributed by atoms with Gasteiger partial charge in [0.25, 0.3) is 0 Å². The Morgan fingerprint density at radius 1 is 1.14 bits per heavy atom. The lowest BCUT2D eigenvalue weighted by atomic mass is 10.2. The number of hydrogen-bond donors (Lipinski definition) is 2. The number of rotatable bonds is 8. The van der Waals surface area contributed by atoms with Gasteiger partial charge in [0.1, 0.15) is 0 Å². The Bertz CT molecular complexity index is 124. The average Bonchev–Trinajstić information content (AvgIpc) is 2.13. The zero-order valence-corrected chi connectivity index (χ0v) is 10.1. The molecule has 0 aromatic carbocycles. The van der Waals surface area contributed by atoms with E-state index < -0.39 is 0 Å². The van der Waals surface area contributed by atoms with Gasteiger partial charge < -0.3 is 15.3 Å². The van der Waals surface area contributed by atoms with Crippen LogP contribution in [0.3, 0.4) is 0 Å². The van der Waals surface area contributed by atoms with Crippen LogP contribution in [0.1, 0.15) is 27.7 Å². The van der Waals surface area contributed by atoms with E-state index in [0.717, 1.165) is 26.2 Å². The summed E-state index contributed by atoms with van der Waals surface area (Å²) in [6, 6.07) is 0. The molecular formula is C11H26N2O. The Kier molecular flexibility index (Phi) is 8.14. The number of nitrogens with zero attached hydrogens (tertiary/aromatic N) is 1. The van der Waals surface area contributed by atoms with Crippen molar-refractivity contribution in [3.63, 3.8) is 0 Å². The number of likely N-dealkylation sites (N-methyl/N-ethyl adjacent to an activating group) is 1. The van der Waals surface area contributed by atoms with Gasteiger partial charge in [0.2, 0.25) is 0 Å². The summed E-state index contributed by atoms with van der Waals surface area (Å²) in [4.78, 5) is 2.24. The molecule has 0 aliphatic carbocycles. The summed E-state index contributed by atoms with van der Waals surface area (Å²) >= 11 is 0. The molecule has 0 rings (SSSR count). The predicted molar refractivity (Wildman–Crippen MR) is 61.5 cm³/mol. The second-order valence-corrected chi connectivity index (χ2v) is 4.19. The van der Waals surface area contributed by atoms with E-state index in [2.05, 4.69) is 37.9 Å². The second kappa shape index (κ2) is 8.21. The van der Waals surface area contributed by atoms with Crippen molar-refractivity contribution in [1.82, 2.24) is 10.2 Å². The summed E-state index contributed by atoms with van der Waals surface area (Å²) in [7, 11) is 0. The molecule has 0 bridgehead atoms. The maximum absolute atomic E-state index is 9.69. The van der Waals surface area contributed by atoms with Crippen LogP contribution in [-0.4, -0.2) is 48.8 Å². The third-order valence-electron chi connectivity index (χ3n) is 2.30. The van der Waals surface area contributed by atoms with Gasteiger partial charge in [-0.3, -0.25) is 0 Å². The molecule has 3 heteroatoms. The van der Waals surface area contributed by atoms with Gasteiger partial charge in [-0.15, -0.1) is 0 Å². The van der Waals surface area contributed by atoms with Crippen molar-refractivity contribution in [2.24, 2.45) is 5.92 Å². The molecule has 0 aliphatic rings. The minimum Gasteiger partial charge on any atom is -0.390 e. The Morgan fingerprint density at radius 2 is 1.71 bits per heavy atom. The molecule has 2 N–H and O–H groups in total. The minimum absolute atomic E-state index is 0.242. The van der Waals surface area contributed by atoms with Crippen LogP contribution in [0.4, 0.5) is 0 Å². The van der Waals surface area contributed by atoms with E-state index in [4.69, 9.17) is 0 Å². The van der Waals surface area contributed by atoms with Crippen LogP contribution in [0.25, 0.3) is 0 Å². The van der Waals surface area contributed by atoms with E-state index in [9.17, 15) is 5.11 Å². The molecule has 0 unspecified atom stereocenters. The topological polar surface area (TPSA) is 35.5 Å². The molecular weight excluding hydrogens is 176 g/mol. The smallest absolute Gasteiger partial charge is 0.0791 e. The average molecular weight is 202 g/mol. The van der Waals surface area contributed by atoms with Crippen LogP contribution in [-0.2, 0) is 0 Å². The summed E-state index contributed by atoms with van der Waals surface area (Å²) in [6.07, 6.45) is -0.242.